The van der Waals surface area contributed by atoms with Gasteiger partial charge in [0, 0.05) is 7.11 Å². The number of allylic oxidation sites excluding steroid dienone is 1. The lowest BCUT2D eigenvalue weighted by atomic mass is 10.1. The summed E-state index contributed by atoms with van der Waals surface area (Å²) in [6.07, 6.45) is -2.33. The van der Waals surface area contributed by atoms with E-state index in [0.717, 1.165) is 7.11 Å². The van der Waals surface area contributed by atoms with E-state index in [1.165, 1.54) is 6.08 Å². The van der Waals surface area contributed by atoms with Gasteiger partial charge in [0.25, 0.3) is 0 Å². The molecular weight excluding hydrogens is 266 g/mol. The summed E-state index contributed by atoms with van der Waals surface area (Å²) in [6, 6.07) is 0. The summed E-state index contributed by atoms with van der Waals surface area (Å²) in [6.45, 7) is 5.59. The number of carbonyl (C=O) groups is 1. The second kappa shape index (κ2) is 5.13. The Morgan fingerprint density at radius 2 is 2.06 bits per heavy atom. The van der Waals surface area contributed by atoms with Crippen molar-refractivity contribution in [1.82, 2.24) is 0 Å². The summed E-state index contributed by atoms with van der Waals surface area (Å²) in [5.74, 6) is -1.17. The number of ether oxygens (including phenoxy) is 2. The van der Waals surface area contributed by atoms with Crippen molar-refractivity contribution in [1.29, 1.82) is 0 Å². The van der Waals surface area contributed by atoms with Crippen molar-refractivity contribution in [2.75, 3.05) is 13.7 Å². The van der Waals surface area contributed by atoms with E-state index in [4.69, 9.17) is 16.3 Å². The zero-order chi connectivity index (χ0) is 14.1. The summed E-state index contributed by atoms with van der Waals surface area (Å²) in [4.78, 5) is 11.6. The number of alkyl halides is 2. The number of methoxy groups -OCH3 is 1. The lowest BCUT2D eigenvalue weighted by Crippen LogP contribution is -2.19. The van der Waals surface area contributed by atoms with Crippen LogP contribution in [0.3, 0.4) is 0 Å². The summed E-state index contributed by atoms with van der Waals surface area (Å²) >= 11 is 5.52. The molecule has 2 atom stereocenters. The summed E-state index contributed by atoms with van der Waals surface area (Å²) in [5, 5.41) is -0.699. The minimum Gasteiger partial charge on any atom is -0.466 e. The third-order valence-electron chi connectivity index (χ3n) is 3.31. The van der Waals surface area contributed by atoms with Crippen LogP contribution in [0.15, 0.2) is 11.1 Å². The van der Waals surface area contributed by atoms with Gasteiger partial charge in [-0.15, -0.1) is 0 Å². The Hall–Kier alpha value is -0.680. The van der Waals surface area contributed by atoms with Crippen LogP contribution in [0.5, 0.6) is 0 Å². The molecule has 3 nitrogen and oxygen atoms in total. The smallest absolute Gasteiger partial charge is 0.393 e. The molecule has 0 aromatic rings. The maximum absolute atomic E-state index is 13.1. The van der Waals surface area contributed by atoms with Gasteiger partial charge in [0.2, 0.25) is 0 Å². The van der Waals surface area contributed by atoms with Crippen LogP contribution in [-0.2, 0) is 14.3 Å². The maximum Gasteiger partial charge on any atom is 0.393 e. The highest BCUT2D eigenvalue weighted by Crippen LogP contribution is 2.60. The van der Waals surface area contributed by atoms with Crippen LogP contribution in [-0.4, -0.2) is 25.8 Å². The van der Waals surface area contributed by atoms with E-state index in [1.54, 1.807) is 6.92 Å². The Morgan fingerprint density at radius 1 is 1.50 bits per heavy atom. The first kappa shape index (κ1) is 15.4. The Morgan fingerprint density at radius 3 is 2.50 bits per heavy atom. The number of carbonyl (C=O) groups excluding carboxylic acids is 1. The molecule has 6 heteroatoms. The Balaban J connectivity index is 2.81. The minimum absolute atomic E-state index is 0.268. The van der Waals surface area contributed by atoms with Crippen LogP contribution in [0.25, 0.3) is 0 Å². The topological polar surface area (TPSA) is 35.5 Å². The maximum atomic E-state index is 13.1. The number of rotatable bonds is 5. The van der Waals surface area contributed by atoms with Crippen molar-refractivity contribution in [2.24, 2.45) is 17.3 Å². The van der Waals surface area contributed by atoms with E-state index in [2.05, 4.69) is 4.74 Å². The molecule has 0 aromatic heterocycles. The van der Waals surface area contributed by atoms with Crippen LogP contribution in [0.2, 0.25) is 0 Å². The molecule has 0 spiro atoms. The predicted octanol–water partition coefficient (Wildman–Crippen LogP) is 3.18. The number of halogens is 3. The molecule has 1 aliphatic rings. The fraction of sp³-hybridized carbons (Fsp3) is 0.750. The fourth-order valence-electron chi connectivity index (χ4n) is 2.02. The van der Waals surface area contributed by atoms with Crippen molar-refractivity contribution in [3.05, 3.63) is 11.1 Å². The Labute approximate surface area is 110 Å². The largest absolute Gasteiger partial charge is 0.466 e. The monoisotopic (exact) mass is 282 g/mol. The zero-order valence-corrected chi connectivity index (χ0v) is 11.6. The molecule has 0 saturated heterocycles. The van der Waals surface area contributed by atoms with Gasteiger partial charge < -0.3 is 9.47 Å². The zero-order valence-electron chi connectivity index (χ0n) is 10.8. The van der Waals surface area contributed by atoms with E-state index in [1.807, 2.05) is 13.8 Å². The van der Waals surface area contributed by atoms with Crippen LogP contribution >= 0.6 is 11.6 Å². The minimum atomic E-state index is -3.51. The summed E-state index contributed by atoms with van der Waals surface area (Å²) in [7, 11) is 0.872. The Bertz CT molecular complexity index is 366. The number of esters is 1. The van der Waals surface area contributed by atoms with E-state index in [0.29, 0.717) is 0 Å². The molecule has 0 aromatic carbocycles. The van der Waals surface area contributed by atoms with E-state index in [9.17, 15) is 13.6 Å². The highest BCUT2D eigenvalue weighted by atomic mass is 35.5. The molecule has 0 heterocycles. The van der Waals surface area contributed by atoms with Gasteiger partial charge in [-0.05, 0) is 18.3 Å². The van der Waals surface area contributed by atoms with Gasteiger partial charge in [-0.1, -0.05) is 31.5 Å². The number of hydrogen-bond donors (Lipinski definition) is 0. The van der Waals surface area contributed by atoms with E-state index >= 15 is 0 Å². The van der Waals surface area contributed by atoms with Crippen LogP contribution in [0.1, 0.15) is 20.8 Å². The highest BCUT2D eigenvalue weighted by molar-refractivity contribution is 6.30. The SMILES string of the molecule is CCOC(=O)[C@@H]1[C@@H](C=C(Cl)C(F)(F)OC)C1(C)C. The molecule has 0 aliphatic heterocycles. The molecule has 1 fully saturated rings. The van der Waals surface area contributed by atoms with Crippen molar-refractivity contribution in [3.8, 4) is 0 Å². The highest BCUT2D eigenvalue weighted by Gasteiger charge is 2.62. The van der Waals surface area contributed by atoms with E-state index < -0.39 is 22.5 Å². The quantitative estimate of drug-likeness (QED) is 0.727. The standard InChI is InChI=1S/C12H17ClF2O3/c1-5-18-10(16)9-7(11(9,2)3)6-8(13)12(14,15)17-4/h6-7,9H,5H2,1-4H3/t7-,9+/m1/s1. The van der Waals surface area contributed by atoms with Gasteiger partial charge in [-0.3, -0.25) is 4.79 Å². The van der Waals surface area contributed by atoms with Crippen LogP contribution in [0.4, 0.5) is 8.78 Å². The second-order valence-corrected chi connectivity index (χ2v) is 5.22. The average molecular weight is 283 g/mol. The lowest BCUT2D eigenvalue weighted by molar-refractivity contribution is -0.184. The van der Waals surface area contributed by atoms with Gasteiger partial charge >= 0.3 is 12.1 Å². The number of hydrogen-bond acceptors (Lipinski definition) is 3. The molecule has 0 amide bonds. The van der Waals surface area contributed by atoms with Gasteiger partial charge in [0.15, 0.2) is 0 Å². The summed E-state index contributed by atoms with van der Waals surface area (Å²) in [5.41, 5.74) is -0.420. The first-order valence-electron chi connectivity index (χ1n) is 5.65. The van der Waals surface area contributed by atoms with Gasteiger partial charge in [-0.2, -0.15) is 8.78 Å². The van der Waals surface area contributed by atoms with Gasteiger partial charge in [-0.25, -0.2) is 0 Å². The summed E-state index contributed by atoms with van der Waals surface area (Å²) < 4.78 is 35.1. The molecule has 1 saturated carbocycles. The molecule has 18 heavy (non-hydrogen) atoms. The molecule has 0 radical (unpaired) electrons. The Kier molecular flexibility index (Phi) is 4.38. The fourth-order valence-corrected chi connectivity index (χ4v) is 2.24. The van der Waals surface area contributed by atoms with Crippen molar-refractivity contribution in [2.45, 2.75) is 26.9 Å². The second-order valence-electron chi connectivity index (χ2n) is 4.81. The molecule has 1 aliphatic carbocycles. The normalized spacial score (nSPS) is 26.9. The lowest BCUT2D eigenvalue weighted by Gasteiger charge is -2.12. The molecular formula is C12H17ClF2O3. The third-order valence-corrected chi connectivity index (χ3v) is 3.66. The predicted molar refractivity (Wildman–Crippen MR) is 63.3 cm³/mol. The molecule has 104 valence electrons. The third kappa shape index (κ3) is 2.83. The van der Waals surface area contributed by atoms with Crippen LogP contribution < -0.4 is 0 Å². The molecule has 0 N–H and O–H groups in total. The average Bonchev–Trinajstić information content (AvgIpc) is 2.80. The van der Waals surface area contributed by atoms with Crippen molar-refractivity contribution in [3.63, 3.8) is 0 Å². The molecule has 1 rings (SSSR count). The first-order chi connectivity index (χ1) is 8.18. The van der Waals surface area contributed by atoms with Crippen molar-refractivity contribution < 1.29 is 23.0 Å². The molecule has 0 bridgehead atoms. The van der Waals surface area contributed by atoms with Crippen LogP contribution in [0, 0.1) is 17.3 Å². The van der Waals surface area contributed by atoms with E-state index in [-0.39, 0.29) is 18.5 Å². The van der Waals surface area contributed by atoms with Gasteiger partial charge in [0.05, 0.1) is 12.5 Å². The molecule has 0 unspecified atom stereocenters. The van der Waals surface area contributed by atoms with Crippen molar-refractivity contribution >= 4 is 17.6 Å². The van der Waals surface area contributed by atoms with Gasteiger partial charge in [0.1, 0.15) is 5.03 Å². The first-order valence-corrected chi connectivity index (χ1v) is 6.03.